The molecule has 2 rings (SSSR count). The third-order valence-corrected chi connectivity index (χ3v) is 3.76. The number of nitrogen functional groups attached to an aromatic ring is 1. The van der Waals surface area contributed by atoms with E-state index in [0.717, 1.165) is 32.5 Å². The fraction of sp³-hybridized carbons (Fsp3) is 0.692. The molecule has 0 saturated carbocycles. The third kappa shape index (κ3) is 3.24. The van der Waals surface area contributed by atoms with Gasteiger partial charge >= 0.3 is 0 Å². The van der Waals surface area contributed by atoms with Crippen LogP contribution in [0, 0.1) is 5.92 Å². The SMILES string of the molecule is CCC1CCC(=O)N(CCn2cc(N)cn2)CC1. The smallest absolute Gasteiger partial charge is 0.222 e. The molecule has 0 bridgehead atoms. The highest BCUT2D eigenvalue weighted by Gasteiger charge is 2.21. The molecule has 1 saturated heterocycles. The minimum Gasteiger partial charge on any atom is -0.396 e. The molecule has 5 heteroatoms. The normalized spacial score (nSPS) is 21.1. The lowest BCUT2D eigenvalue weighted by Gasteiger charge is -2.20. The molecule has 2 N–H and O–H groups in total. The lowest BCUT2D eigenvalue weighted by molar-refractivity contribution is -0.130. The molecule has 100 valence electrons. The predicted molar refractivity (Wildman–Crippen MR) is 70.9 cm³/mol. The van der Waals surface area contributed by atoms with Crippen molar-refractivity contribution in [2.24, 2.45) is 5.92 Å². The van der Waals surface area contributed by atoms with Crippen LogP contribution in [-0.2, 0) is 11.3 Å². The molecule has 0 aromatic carbocycles. The average Bonchev–Trinajstić information content (AvgIpc) is 2.69. The summed E-state index contributed by atoms with van der Waals surface area (Å²) in [7, 11) is 0. The van der Waals surface area contributed by atoms with Crippen LogP contribution in [0.2, 0.25) is 0 Å². The van der Waals surface area contributed by atoms with Gasteiger partial charge in [-0.3, -0.25) is 9.48 Å². The molecular weight excluding hydrogens is 228 g/mol. The second kappa shape index (κ2) is 5.89. The zero-order valence-corrected chi connectivity index (χ0v) is 11.0. The monoisotopic (exact) mass is 250 g/mol. The number of rotatable bonds is 4. The zero-order chi connectivity index (χ0) is 13.0. The van der Waals surface area contributed by atoms with Crippen LogP contribution in [0.25, 0.3) is 0 Å². The number of amides is 1. The number of carbonyl (C=O) groups is 1. The first-order valence-corrected chi connectivity index (χ1v) is 6.74. The van der Waals surface area contributed by atoms with Gasteiger partial charge in [0.1, 0.15) is 0 Å². The summed E-state index contributed by atoms with van der Waals surface area (Å²) in [5.74, 6) is 0.991. The molecule has 1 aromatic rings. The minimum atomic E-state index is 0.283. The number of nitrogens with zero attached hydrogens (tertiary/aromatic N) is 3. The van der Waals surface area contributed by atoms with Gasteiger partial charge in [-0.15, -0.1) is 0 Å². The number of nitrogens with two attached hydrogens (primary N) is 1. The van der Waals surface area contributed by atoms with Crippen LogP contribution < -0.4 is 5.73 Å². The van der Waals surface area contributed by atoms with Crippen LogP contribution in [0.5, 0.6) is 0 Å². The van der Waals surface area contributed by atoms with Crippen molar-refractivity contribution in [3.63, 3.8) is 0 Å². The molecule has 5 nitrogen and oxygen atoms in total. The van der Waals surface area contributed by atoms with Gasteiger partial charge in [0.05, 0.1) is 18.4 Å². The molecule has 0 aliphatic carbocycles. The fourth-order valence-electron chi connectivity index (χ4n) is 2.46. The first-order valence-electron chi connectivity index (χ1n) is 6.74. The van der Waals surface area contributed by atoms with E-state index in [1.165, 1.54) is 6.42 Å². The summed E-state index contributed by atoms with van der Waals surface area (Å²) >= 11 is 0. The third-order valence-electron chi connectivity index (χ3n) is 3.76. The van der Waals surface area contributed by atoms with E-state index < -0.39 is 0 Å². The molecule has 1 aliphatic rings. The number of aromatic nitrogens is 2. The fourth-order valence-corrected chi connectivity index (χ4v) is 2.46. The van der Waals surface area contributed by atoms with E-state index in [-0.39, 0.29) is 5.91 Å². The van der Waals surface area contributed by atoms with Crippen molar-refractivity contribution in [1.82, 2.24) is 14.7 Å². The van der Waals surface area contributed by atoms with Gasteiger partial charge in [-0.2, -0.15) is 5.10 Å². The second-order valence-electron chi connectivity index (χ2n) is 5.02. The van der Waals surface area contributed by atoms with Crippen LogP contribution in [0.15, 0.2) is 12.4 Å². The Morgan fingerprint density at radius 3 is 2.94 bits per heavy atom. The Morgan fingerprint density at radius 1 is 1.44 bits per heavy atom. The van der Waals surface area contributed by atoms with Crippen LogP contribution in [0.3, 0.4) is 0 Å². The highest BCUT2D eigenvalue weighted by Crippen LogP contribution is 2.20. The molecule has 1 unspecified atom stereocenters. The Balaban J connectivity index is 1.86. The van der Waals surface area contributed by atoms with Crippen molar-refractivity contribution in [1.29, 1.82) is 0 Å². The average molecular weight is 250 g/mol. The van der Waals surface area contributed by atoms with E-state index in [1.807, 2.05) is 4.90 Å². The van der Waals surface area contributed by atoms with Gasteiger partial charge in [-0.05, 0) is 18.8 Å². The molecule has 0 radical (unpaired) electrons. The highest BCUT2D eigenvalue weighted by atomic mass is 16.2. The van der Waals surface area contributed by atoms with E-state index in [1.54, 1.807) is 17.1 Å². The molecule has 1 aromatic heterocycles. The summed E-state index contributed by atoms with van der Waals surface area (Å²) in [5, 5.41) is 4.13. The van der Waals surface area contributed by atoms with Crippen LogP contribution >= 0.6 is 0 Å². The second-order valence-corrected chi connectivity index (χ2v) is 5.02. The van der Waals surface area contributed by atoms with Gasteiger partial charge in [0.25, 0.3) is 0 Å². The summed E-state index contributed by atoms with van der Waals surface area (Å²) < 4.78 is 1.80. The van der Waals surface area contributed by atoms with E-state index in [2.05, 4.69) is 12.0 Å². The van der Waals surface area contributed by atoms with Crippen molar-refractivity contribution >= 4 is 11.6 Å². The number of likely N-dealkylation sites (tertiary alicyclic amines) is 1. The minimum absolute atomic E-state index is 0.283. The quantitative estimate of drug-likeness (QED) is 0.880. The van der Waals surface area contributed by atoms with E-state index in [9.17, 15) is 4.79 Å². The molecule has 1 aliphatic heterocycles. The van der Waals surface area contributed by atoms with Gasteiger partial charge in [0.2, 0.25) is 5.91 Å². The largest absolute Gasteiger partial charge is 0.396 e. The van der Waals surface area contributed by atoms with Crippen LogP contribution in [0.1, 0.15) is 32.6 Å². The van der Waals surface area contributed by atoms with Gasteiger partial charge in [-0.1, -0.05) is 13.3 Å². The summed E-state index contributed by atoms with van der Waals surface area (Å²) in [4.78, 5) is 13.9. The number of hydrogen-bond donors (Lipinski definition) is 1. The summed E-state index contributed by atoms with van der Waals surface area (Å²) in [6.07, 6.45) is 7.48. The molecular formula is C13H22N4O. The summed E-state index contributed by atoms with van der Waals surface area (Å²) in [6.45, 7) is 4.54. The van der Waals surface area contributed by atoms with Crippen LogP contribution in [-0.4, -0.2) is 33.7 Å². The highest BCUT2D eigenvalue weighted by molar-refractivity contribution is 5.76. The maximum absolute atomic E-state index is 12.0. The maximum Gasteiger partial charge on any atom is 0.222 e. The van der Waals surface area contributed by atoms with E-state index in [0.29, 0.717) is 18.0 Å². The van der Waals surface area contributed by atoms with Gasteiger partial charge in [-0.25, -0.2) is 0 Å². The maximum atomic E-state index is 12.0. The molecule has 2 heterocycles. The number of hydrogen-bond acceptors (Lipinski definition) is 3. The van der Waals surface area contributed by atoms with Crippen molar-refractivity contribution in [3.05, 3.63) is 12.4 Å². The topological polar surface area (TPSA) is 64.2 Å². The first-order chi connectivity index (χ1) is 8.69. The molecule has 1 amide bonds. The Kier molecular flexibility index (Phi) is 4.23. The molecule has 0 spiro atoms. The number of carbonyl (C=O) groups excluding carboxylic acids is 1. The van der Waals surface area contributed by atoms with Crippen molar-refractivity contribution in [3.8, 4) is 0 Å². The van der Waals surface area contributed by atoms with Crippen molar-refractivity contribution in [2.45, 2.75) is 39.2 Å². The lowest BCUT2D eigenvalue weighted by Crippen LogP contribution is -2.33. The molecule has 1 atom stereocenters. The zero-order valence-electron chi connectivity index (χ0n) is 11.0. The van der Waals surface area contributed by atoms with Crippen LogP contribution in [0.4, 0.5) is 5.69 Å². The molecule has 18 heavy (non-hydrogen) atoms. The van der Waals surface area contributed by atoms with Gasteiger partial charge in [0, 0.05) is 25.7 Å². The Bertz CT molecular complexity index is 401. The van der Waals surface area contributed by atoms with E-state index >= 15 is 0 Å². The van der Waals surface area contributed by atoms with Gasteiger partial charge < -0.3 is 10.6 Å². The Morgan fingerprint density at radius 2 is 2.28 bits per heavy atom. The predicted octanol–water partition coefficient (Wildman–Crippen LogP) is 1.50. The summed E-state index contributed by atoms with van der Waals surface area (Å²) in [5.41, 5.74) is 6.28. The van der Waals surface area contributed by atoms with Gasteiger partial charge in [0.15, 0.2) is 0 Å². The lowest BCUT2D eigenvalue weighted by atomic mass is 9.98. The molecule has 1 fully saturated rings. The Hall–Kier alpha value is -1.52. The van der Waals surface area contributed by atoms with Crippen molar-refractivity contribution < 1.29 is 4.79 Å². The number of anilines is 1. The van der Waals surface area contributed by atoms with E-state index in [4.69, 9.17) is 5.73 Å². The van der Waals surface area contributed by atoms with Crippen molar-refractivity contribution in [2.75, 3.05) is 18.8 Å². The summed E-state index contributed by atoms with van der Waals surface area (Å²) in [6, 6.07) is 0. The Labute approximate surface area is 108 Å². The first kappa shape index (κ1) is 12.9. The standard InChI is InChI=1S/C13H22N4O/c1-2-11-3-4-13(18)16(6-5-11)7-8-17-10-12(14)9-15-17/h9-11H,2-8,14H2,1H3.